The predicted octanol–water partition coefficient (Wildman–Crippen LogP) is 2.15. The van der Waals surface area contributed by atoms with Crippen LogP contribution in [0, 0.1) is 11.6 Å². The minimum Gasteiger partial charge on any atom is -0.488 e. The molecule has 0 fully saturated rings. The van der Waals surface area contributed by atoms with E-state index in [-0.39, 0.29) is 24.1 Å². The van der Waals surface area contributed by atoms with Gasteiger partial charge in [0.15, 0.2) is 0 Å². The fourth-order valence-electron chi connectivity index (χ4n) is 1.69. The Morgan fingerprint density at radius 1 is 1.09 bits per heavy atom. The number of nitrogens with zero attached hydrogens (tertiary/aromatic N) is 2. The van der Waals surface area contributed by atoms with Crippen LogP contribution in [0.1, 0.15) is 11.1 Å². The van der Waals surface area contributed by atoms with Crippen molar-refractivity contribution in [2.24, 2.45) is 21.7 Å². The van der Waals surface area contributed by atoms with Gasteiger partial charge in [0.05, 0.1) is 6.21 Å². The zero-order chi connectivity index (χ0) is 15.9. The quantitative estimate of drug-likeness (QED) is 0.504. The van der Waals surface area contributed by atoms with Crippen LogP contribution >= 0.6 is 0 Å². The topological polar surface area (TPSA) is 86.0 Å². The standard InChI is InChI=1S/C15H14F2N4O/c16-12-3-1-2-10(6-12)9-22-14-7-13(17)5-4-11(14)8-20-21-15(18)19/h1-8H,9H2,(H4,18,19,21). The third-order valence-electron chi connectivity index (χ3n) is 2.63. The highest BCUT2D eigenvalue weighted by atomic mass is 19.1. The first-order valence-corrected chi connectivity index (χ1v) is 6.33. The summed E-state index contributed by atoms with van der Waals surface area (Å²) in [5.41, 5.74) is 11.4. The van der Waals surface area contributed by atoms with E-state index in [1.807, 2.05) is 0 Å². The van der Waals surface area contributed by atoms with Crippen molar-refractivity contribution >= 4 is 12.2 Å². The van der Waals surface area contributed by atoms with Gasteiger partial charge in [-0.3, -0.25) is 0 Å². The maximum Gasteiger partial charge on any atom is 0.211 e. The molecule has 2 rings (SSSR count). The van der Waals surface area contributed by atoms with Crippen LogP contribution in [0.5, 0.6) is 5.75 Å². The SMILES string of the molecule is NC(N)=NN=Cc1ccc(F)cc1OCc1cccc(F)c1. The van der Waals surface area contributed by atoms with Crippen molar-refractivity contribution in [2.45, 2.75) is 6.61 Å². The van der Waals surface area contributed by atoms with E-state index in [4.69, 9.17) is 16.2 Å². The molecule has 0 aliphatic carbocycles. The number of halogens is 2. The first-order valence-electron chi connectivity index (χ1n) is 6.33. The molecular formula is C15H14F2N4O. The van der Waals surface area contributed by atoms with Crippen LogP contribution in [0.2, 0.25) is 0 Å². The van der Waals surface area contributed by atoms with Gasteiger partial charge in [-0.05, 0) is 29.8 Å². The molecule has 2 aromatic carbocycles. The molecule has 0 aliphatic rings. The molecule has 0 aromatic heterocycles. The highest BCUT2D eigenvalue weighted by molar-refractivity contribution is 5.84. The summed E-state index contributed by atoms with van der Waals surface area (Å²) in [6.07, 6.45) is 1.33. The lowest BCUT2D eigenvalue weighted by Crippen LogP contribution is -2.21. The minimum atomic E-state index is -0.465. The second kappa shape index (κ2) is 7.16. The fraction of sp³-hybridized carbons (Fsp3) is 0.0667. The zero-order valence-electron chi connectivity index (χ0n) is 11.5. The summed E-state index contributed by atoms with van der Waals surface area (Å²) in [6.45, 7) is 0.0876. The molecule has 0 spiro atoms. The normalized spacial score (nSPS) is 10.6. The highest BCUT2D eigenvalue weighted by Gasteiger charge is 2.05. The molecule has 0 bridgehead atoms. The maximum atomic E-state index is 13.3. The van der Waals surface area contributed by atoms with Gasteiger partial charge in [0.25, 0.3) is 0 Å². The molecule has 0 saturated heterocycles. The highest BCUT2D eigenvalue weighted by Crippen LogP contribution is 2.20. The van der Waals surface area contributed by atoms with Gasteiger partial charge in [0.1, 0.15) is 24.0 Å². The van der Waals surface area contributed by atoms with Gasteiger partial charge in [-0.15, -0.1) is 5.10 Å². The number of ether oxygens (including phenoxy) is 1. The van der Waals surface area contributed by atoms with Crippen LogP contribution in [0.4, 0.5) is 8.78 Å². The molecule has 0 atom stereocenters. The molecule has 2 aromatic rings. The maximum absolute atomic E-state index is 13.3. The molecule has 22 heavy (non-hydrogen) atoms. The monoisotopic (exact) mass is 304 g/mol. The van der Waals surface area contributed by atoms with Gasteiger partial charge in [-0.25, -0.2) is 8.78 Å². The van der Waals surface area contributed by atoms with Gasteiger partial charge in [0.2, 0.25) is 5.96 Å². The van der Waals surface area contributed by atoms with Crippen molar-refractivity contribution in [2.75, 3.05) is 0 Å². The fourth-order valence-corrected chi connectivity index (χ4v) is 1.69. The van der Waals surface area contributed by atoms with E-state index in [0.717, 1.165) is 0 Å². The minimum absolute atomic E-state index is 0.0876. The molecule has 0 saturated carbocycles. The van der Waals surface area contributed by atoms with Crippen LogP contribution < -0.4 is 16.2 Å². The second-order valence-electron chi connectivity index (χ2n) is 4.37. The number of guanidine groups is 1. The largest absolute Gasteiger partial charge is 0.488 e. The summed E-state index contributed by atoms with van der Waals surface area (Å²) in [6, 6.07) is 9.88. The van der Waals surface area contributed by atoms with Gasteiger partial charge in [0, 0.05) is 11.6 Å². The lowest BCUT2D eigenvalue weighted by Gasteiger charge is -2.09. The Morgan fingerprint density at radius 2 is 1.86 bits per heavy atom. The van der Waals surface area contributed by atoms with Crippen LogP contribution in [-0.4, -0.2) is 12.2 Å². The van der Waals surface area contributed by atoms with E-state index in [0.29, 0.717) is 11.1 Å². The first-order chi connectivity index (χ1) is 10.5. The van der Waals surface area contributed by atoms with Gasteiger partial charge < -0.3 is 16.2 Å². The van der Waals surface area contributed by atoms with Crippen molar-refractivity contribution < 1.29 is 13.5 Å². The van der Waals surface area contributed by atoms with Crippen molar-refractivity contribution in [3.63, 3.8) is 0 Å². The van der Waals surface area contributed by atoms with Crippen LogP contribution in [0.25, 0.3) is 0 Å². The van der Waals surface area contributed by atoms with E-state index in [1.165, 1.54) is 36.5 Å². The molecule has 5 nitrogen and oxygen atoms in total. The van der Waals surface area contributed by atoms with E-state index >= 15 is 0 Å². The van der Waals surface area contributed by atoms with E-state index in [1.54, 1.807) is 12.1 Å². The van der Waals surface area contributed by atoms with E-state index in [2.05, 4.69) is 10.2 Å². The molecule has 0 aliphatic heterocycles. The molecule has 7 heteroatoms. The summed E-state index contributed by atoms with van der Waals surface area (Å²) in [4.78, 5) is 0. The molecular weight excluding hydrogens is 290 g/mol. The van der Waals surface area contributed by atoms with Crippen LogP contribution in [-0.2, 0) is 6.61 Å². The summed E-state index contributed by atoms with van der Waals surface area (Å²) < 4.78 is 31.9. The number of nitrogens with two attached hydrogens (primary N) is 2. The zero-order valence-corrected chi connectivity index (χ0v) is 11.5. The van der Waals surface area contributed by atoms with Crippen LogP contribution in [0.15, 0.2) is 52.7 Å². The molecule has 0 unspecified atom stereocenters. The van der Waals surface area contributed by atoms with Crippen molar-refractivity contribution in [3.8, 4) is 5.75 Å². The first kappa shape index (κ1) is 15.4. The molecule has 0 amide bonds. The Bertz CT molecular complexity index is 712. The van der Waals surface area contributed by atoms with Crippen molar-refractivity contribution in [1.29, 1.82) is 0 Å². The summed E-state index contributed by atoms with van der Waals surface area (Å²) in [5.74, 6) is -0.775. The Morgan fingerprint density at radius 3 is 2.59 bits per heavy atom. The summed E-state index contributed by atoms with van der Waals surface area (Å²) in [5, 5.41) is 7.11. The van der Waals surface area contributed by atoms with E-state index in [9.17, 15) is 8.78 Å². The lowest BCUT2D eigenvalue weighted by atomic mass is 10.2. The average Bonchev–Trinajstić information content (AvgIpc) is 2.47. The van der Waals surface area contributed by atoms with Crippen molar-refractivity contribution in [1.82, 2.24) is 0 Å². The average molecular weight is 304 g/mol. The smallest absolute Gasteiger partial charge is 0.211 e. The Hall–Kier alpha value is -2.96. The number of benzene rings is 2. The Kier molecular flexibility index (Phi) is 5.02. The van der Waals surface area contributed by atoms with Gasteiger partial charge in [-0.1, -0.05) is 12.1 Å². The Labute approximate surface area is 125 Å². The van der Waals surface area contributed by atoms with Crippen LogP contribution in [0.3, 0.4) is 0 Å². The molecule has 0 radical (unpaired) electrons. The predicted molar refractivity (Wildman–Crippen MR) is 80.5 cm³/mol. The third kappa shape index (κ3) is 4.55. The summed E-state index contributed by atoms with van der Waals surface area (Å²) >= 11 is 0. The van der Waals surface area contributed by atoms with E-state index < -0.39 is 5.82 Å². The number of rotatable bonds is 5. The summed E-state index contributed by atoms with van der Waals surface area (Å²) in [7, 11) is 0. The molecule has 0 heterocycles. The molecule has 114 valence electrons. The lowest BCUT2D eigenvalue weighted by molar-refractivity contribution is 0.303. The molecule has 4 N–H and O–H groups in total. The Balaban J connectivity index is 2.16. The number of hydrogen-bond acceptors (Lipinski definition) is 3. The number of hydrogen-bond donors (Lipinski definition) is 2. The van der Waals surface area contributed by atoms with Crippen molar-refractivity contribution in [3.05, 3.63) is 65.2 Å². The van der Waals surface area contributed by atoms with Gasteiger partial charge >= 0.3 is 0 Å². The second-order valence-corrected chi connectivity index (χ2v) is 4.37. The van der Waals surface area contributed by atoms with Gasteiger partial charge in [-0.2, -0.15) is 5.10 Å². The third-order valence-corrected chi connectivity index (χ3v) is 2.63.